The highest BCUT2D eigenvalue weighted by Gasteiger charge is 2.16. The lowest BCUT2D eigenvalue weighted by atomic mass is 10.1. The maximum atomic E-state index is 12.6. The number of carbonyl (C=O) groups excluding carboxylic acids is 1. The Morgan fingerprint density at radius 3 is 2.66 bits per heavy atom. The third-order valence-corrected chi connectivity index (χ3v) is 5.55. The molecule has 0 aliphatic heterocycles. The fourth-order valence-corrected chi connectivity index (χ4v) is 3.78. The summed E-state index contributed by atoms with van der Waals surface area (Å²) in [7, 11) is 1.63. The van der Waals surface area contributed by atoms with Gasteiger partial charge in [0.1, 0.15) is 5.75 Å². The summed E-state index contributed by atoms with van der Waals surface area (Å²) in [5.74, 6) is 0.747. The summed E-state index contributed by atoms with van der Waals surface area (Å²) in [6, 6.07) is 13.6. The molecule has 2 aromatic carbocycles. The molecular weight excluding hydrogens is 432 g/mol. The molecule has 0 saturated carbocycles. The van der Waals surface area contributed by atoms with E-state index in [1.54, 1.807) is 7.11 Å². The highest BCUT2D eigenvalue weighted by molar-refractivity contribution is 9.10. The molecule has 6 nitrogen and oxygen atoms in total. The third-order valence-electron chi connectivity index (χ3n) is 5.06. The number of aryl methyl sites for hydroxylation is 2. The first-order valence-electron chi connectivity index (χ1n) is 9.30. The molecule has 4 aromatic rings. The average Bonchev–Trinajstić information content (AvgIpc) is 3.07. The summed E-state index contributed by atoms with van der Waals surface area (Å²) in [4.78, 5) is 17.3. The highest BCUT2D eigenvalue weighted by atomic mass is 79.9. The van der Waals surface area contributed by atoms with Crippen LogP contribution in [-0.4, -0.2) is 27.6 Å². The zero-order valence-electron chi connectivity index (χ0n) is 16.5. The van der Waals surface area contributed by atoms with Crippen LogP contribution in [0.15, 0.2) is 46.9 Å². The van der Waals surface area contributed by atoms with Crippen molar-refractivity contribution in [2.24, 2.45) is 0 Å². The summed E-state index contributed by atoms with van der Waals surface area (Å²) in [6.45, 7) is 4.39. The molecule has 0 aliphatic carbocycles. The number of aromatic nitrogens is 3. The SMILES string of the molecule is COc1ccc(CNC(=O)Cc2c(C)nc3c4ccc(Br)cc4nn3c2C)cc1. The molecule has 2 aromatic heterocycles. The van der Waals surface area contributed by atoms with E-state index in [9.17, 15) is 4.79 Å². The van der Waals surface area contributed by atoms with Gasteiger partial charge in [0, 0.05) is 33.4 Å². The van der Waals surface area contributed by atoms with E-state index in [4.69, 9.17) is 9.72 Å². The van der Waals surface area contributed by atoms with Gasteiger partial charge in [-0.2, -0.15) is 5.10 Å². The zero-order valence-corrected chi connectivity index (χ0v) is 18.1. The van der Waals surface area contributed by atoms with Gasteiger partial charge in [-0.3, -0.25) is 4.79 Å². The number of ether oxygens (including phenoxy) is 1. The largest absolute Gasteiger partial charge is 0.497 e. The number of fused-ring (bicyclic) bond motifs is 3. The minimum atomic E-state index is -0.0485. The molecule has 0 aliphatic rings. The fraction of sp³-hybridized carbons (Fsp3) is 0.227. The van der Waals surface area contributed by atoms with Crippen molar-refractivity contribution in [3.8, 4) is 5.75 Å². The number of benzene rings is 2. The molecule has 2 heterocycles. The van der Waals surface area contributed by atoms with Crippen molar-refractivity contribution in [3.63, 3.8) is 0 Å². The molecule has 0 radical (unpaired) electrons. The number of nitrogens with one attached hydrogen (secondary N) is 1. The van der Waals surface area contributed by atoms with Gasteiger partial charge in [-0.15, -0.1) is 0 Å². The third kappa shape index (κ3) is 3.82. The molecule has 0 fully saturated rings. The maximum absolute atomic E-state index is 12.6. The van der Waals surface area contributed by atoms with Crippen molar-refractivity contribution in [1.82, 2.24) is 19.9 Å². The van der Waals surface area contributed by atoms with Crippen molar-refractivity contribution in [2.75, 3.05) is 7.11 Å². The van der Waals surface area contributed by atoms with Crippen LogP contribution in [-0.2, 0) is 17.8 Å². The highest BCUT2D eigenvalue weighted by Crippen LogP contribution is 2.25. The van der Waals surface area contributed by atoms with E-state index in [1.807, 2.05) is 60.8 Å². The van der Waals surface area contributed by atoms with Gasteiger partial charge < -0.3 is 10.1 Å². The first-order valence-corrected chi connectivity index (χ1v) is 10.1. The number of hydrogen-bond donors (Lipinski definition) is 1. The van der Waals surface area contributed by atoms with Crippen molar-refractivity contribution < 1.29 is 9.53 Å². The fourth-order valence-electron chi connectivity index (χ4n) is 3.43. The van der Waals surface area contributed by atoms with Gasteiger partial charge in [0.2, 0.25) is 5.91 Å². The Labute approximate surface area is 177 Å². The van der Waals surface area contributed by atoms with E-state index in [1.165, 1.54) is 0 Å². The van der Waals surface area contributed by atoms with Crippen molar-refractivity contribution in [2.45, 2.75) is 26.8 Å². The van der Waals surface area contributed by atoms with Crippen LogP contribution in [0.5, 0.6) is 5.75 Å². The number of rotatable bonds is 5. The summed E-state index contributed by atoms with van der Waals surface area (Å²) < 4.78 is 7.96. The first kappa shape index (κ1) is 19.4. The lowest BCUT2D eigenvalue weighted by Crippen LogP contribution is -2.25. The van der Waals surface area contributed by atoms with Crippen molar-refractivity contribution in [3.05, 3.63) is 69.5 Å². The number of amides is 1. The molecule has 148 valence electrons. The lowest BCUT2D eigenvalue weighted by molar-refractivity contribution is -0.120. The van der Waals surface area contributed by atoms with Crippen LogP contribution in [0.25, 0.3) is 16.6 Å². The topological polar surface area (TPSA) is 68.5 Å². The first-order chi connectivity index (χ1) is 14.0. The van der Waals surface area contributed by atoms with Crippen molar-refractivity contribution >= 4 is 38.4 Å². The normalized spacial score (nSPS) is 11.2. The second kappa shape index (κ2) is 7.83. The molecular formula is C22H21BrN4O2. The van der Waals surface area contributed by atoms with Gasteiger partial charge in [0.15, 0.2) is 5.65 Å². The second-order valence-electron chi connectivity index (χ2n) is 6.96. The van der Waals surface area contributed by atoms with Crippen LogP contribution in [0.2, 0.25) is 0 Å². The van der Waals surface area contributed by atoms with E-state index in [2.05, 4.69) is 26.3 Å². The van der Waals surface area contributed by atoms with Gasteiger partial charge in [-0.05, 0) is 49.7 Å². The number of methoxy groups -OCH3 is 1. The molecule has 7 heteroatoms. The van der Waals surface area contributed by atoms with E-state index < -0.39 is 0 Å². The van der Waals surface area contributed by atoms with Crippen LogP contribution in [0.1, 0.15) is 22.5 Å². The smallest absolute Gasteiger partial charge is 0.224 e. The Hall–Kier alpha value is -2.93. The predicted octanol–water partition coefficient (Wildman–Crippen LogP) is 4.13. The molecule has 4 rings (SSSR count). The number of halogens is 1. The Morgan fingerprint density at radius 2 is 1.93 bits per heavy atom. The van der Waals surface area contributed by atoms with E-state index in [0.29, 0.717) is 6.54 Å². The minimum Gasteiger partial charge on any atom is -0.497 e. The summed E-state index contributed by atoms with van der Waals surface area (Å²) in [5.41, 5.74) is 5.38. The van der Waals surface area contributed by atoms with Crippen molar-refractivity contribution in [1.29, 1.82) is 0 Å². The average molecular weight is 453 g/mol. The monoisotopic (exact) mass is 452 g/mol. The van der Waals surface area contributed by atoms with Crippen LogP contribution in [0.3, 0.4) is 0 Å². The van der Waals surface area contributed by atoms with Crippen LogP contribution >= 0.6 is 15.9 Å². The van der Waals surface area contributed by atoms with Crippen LogP contribution in [0.4, 0.5) is 0 Å². The van der Waals surface area contributed by atoms with E-state index >= 15 is 0 Å². The van der Waals surface area contributed by atoms with Gasteiger partial charge >= 0.3 is 0 Å². The van der Waals surface area contributed by atoms with Gasteiger partial charge in [0.05, 0.1) is 19.0 Å². The second-order valence-corrected chi connectivity index (χ2v) is 7.88. The van der Waals surface area contributed by atoms with Gasteiger partial charge in [-0.1, -0.05) is 28.1 Å². The standard InChI is InChI=1S/C22H21BrN4O2/c1-13-19(11-21(28)24-12-15-4-7-17(29-3)8-5-15)14(2)27-22(25-13)18-9-6-16(23)10-20(18)26-27/h4-10H,11-12H2,1-3H3,(H,24,28). The Morgan fingerprint density at radius 1 is 1.17 bits per heavy atom. The van der Waals surface area contributed by atoms with E-state index in [-0.39, 0.29) is 12.3 Å². The summed E-state index contributed by atoms with van der Waals surface area (Å²) >= 11 is 3.48. The minimum absolute atomic E-state index is 0.0485. The molecule has 29 heavy (non-hydrogen) atoms. The molecule has 0 spiro atoms. The molecule has 0 bridgehead atoms. The van der Waals surface area contributed by atoms with Crippen LogP contribution < -0.4 is 10.1 Å². The van der Waals surface area contributed by atoms with Crippen LogP contribution in [0, 0.1) is 13.8 Å². The van der Waals surface area contributed by atoms with Gasteiger partial charge in [-0.25, -0.2) is 9.50 Å². The van der Waals surface area contributed by atoms with E-state index in [0.717, 1.165) is 49.3 Å². The number of hydrogen-bond acceptors (Lipinski definition) is 4. The molecule has 1 amide bonds. The quantitative estimate of drug-likeness (QED) is 0.494. The Kier molecular flexibility index (Phi) is 5.24. The summed E-state index contributed by atoms with van der Waals surface area (Å²) in [6.07, 6.45) is 0.261. The molecule has 1 N–H and O–H groups in total. The zero-order chi connectivity index (χ0) is 20.5. The Balaban J connectivity index is 1.56. The lowest BCUT2D eigenvalue weighted by Gasteiger charge is -2.11. The molecule has 0 atom stereocenters. The maximum Gasteiger partial charge on any atom is 0.224 e. The summed E-state index contributed by atoms with van der Waals surface area (Å²) in [5, 5.41) is 8.65. The predicted molar refractivity (Wildman–Crippen MR) is 116 cm³/mol. The number of carbonyl (C=O) groups is 1. The Bertz CT molecular complexity index is 1220. The molecule has 0 saturated heterocycles. The molecule has 0 unspecified atom stereocenters. The number of nitrogens with zero attached hydrogens (tertiary/aromatic N) is 3. The van der Waals surface area contributed by atoms with Gasteiger partial charge in [0.25, 0.3) is 0 Å².